The summed E-state index contributed by atoms with van der Waals surface area (Å²) in [4.78, 5) is 10.1. The standard InChI is InChI=1S/C8H17NO2.C6H6O2S/c1-3-4-5-6-7(2)9-8(10)11;1-2-8-6-4-9-3-5(6)7-1/h7,9H,3-6H2,1-2H3,(H,10,11);3-4H,1-2H2. The Morgan fingerprint density at radius 3 is 2.45 bits per heavy atom. The second-order valence-electron chi connectivity index (χ2n) is 4.64. The lowest BCUT2D eigenvalue weighted by Crippen LogP contribution is -2.30. The Balaban J connectivity index is 0.000000202. The molecule has 0 saturated heterocycles. The van der Waals surface area contributed by atoms with Crippen LogP contribution in [0.15, 0.2) is 10.8 Å². The molecule has 1 aromatic heterocycles. The summed E-state index contributed by atoms with van der Waals surface area (Å²) in [5.74, 6) is 1.79. The summed E-state index contributed by atoms with van der Waals surface area (Å²) in [6.07, 6.45) is 3.50. The lowest BCUT2D eigenvalue weighted by Gasteiger charge is -2.13. The van der Waals surface area contributed by atoms with E-state index >= 15 is 0 Å². The highest BCUT2D eigenvalue weighted by Crippen LogP contribution is 2.33. The van der Waals surface area contributed by atoms with E-state index in [2.05, 4.69) is 12.2 Å². The molecule has 0 radical (unpaired) electrons. The van der Waals surface area contributed by atoms with Crippen molar-refractivity contribution in [2.75, 3.05) is 13.2 Å². The number of carboxylic acid groups (broad SMARTS) is 1. The highest BCUT2D eigenvalue weighted by Gasteiger charge is 2.10. The van der Waals surface area contributed by atoms with Gasteiger partial charge in [0.05, 0.1) is 0 Å². The zero-order chi connectivity index (χ0) is 14.8. The quantitative estimate of drug-likeness (QED) is 0.813. The second kappa shape index (κ2) is 9.47. The Bertz CT molecular complexity index is 374. The Hall–Kier alpha value is -1.43. The number of amides is 1. The van der Waals surface area contributed by atoms with E-state index in [1.807, 2.05) is 17.7 Å². The highest BCUT2D eigenvalue weighted by molar-refractivity contribution is 7.08. The maximum Gasteiger partial charge on any atom is 0.404 e. The van der Waals surface area contributed by atoms with E-state index in [1.54, 1.807) is 11.3 Å². The van der Waals surface area contributed by atoms with Gasteiger partial charge in [-0.1, -0.05) is 26.2 Å². The van der Waals surface area contributed by atoms with Crippen LogP contribution < -0.4 is 14.8 Å². The maximum absolute atomic E-state index is 10.1. The fourth-order valence-corrected chi connectivity index (χ4v) is 2.45. The fourth-order valence-electron chi connectivity index (χ4n) is 1.77. The summed E-state index contributed by atoms with van der Waals surface area (Å²) in [5.41, 5.74) is 0. The lowest BCUT2D eigenvalue weighted by atomic mass is 10.1. The molecule has 114 valence electrons. The lowest BCUT2D eigenvalue weighted by molar-refractivity contribution is 0.173. The zero-order valence-electron chi connectivity index (χ0n) is 12.1. The highest BCUT2D eigenvalue weighted by atomic mass is 32.1. The van der Waals surface area contributed by atoms with Crippen molar-refractivity contribution in [1.82, 2.24) is 5.32 Å². The second-order valence-corrected chi connectivity index (χ2v) is 5.39. The Labute approximate surface area is 123 Å². The minimum absolute atomic E-state index is 0.0963. The first kappa shape index (κ1) is 16.6. The van der Waals surface area contributed by atoms with Crippen LogP contribution in [0.1, 0.15) is 39.5 Å². The minimum Gasteiger partial charge on any atom is -0.485 e. The van der Waals surface area contributed by atoms with Crippen molar-refractivity contribution in [2.24, 2.45) is 0 Å². The molecule has 5 nitrogen and oxygen atoms in total. The first-order chi connectivity index (χ1) is 9.63. The monoisotopic (exact) mass is 301 g/mol. The van der Waals surface area contributed by atoms with Crippen molar-refractivity contribution in [3.05, 3.63) is 10.8 Å². The third-order valence-electron chi connectivity index (χ3n) is 2.80. The summed E-state index contributed by atoms with van der Waals surface area (Å²) >= 11 is 1.61. The van der Waals surface area contributed by atoms with E-state index in [-0.39, 0.29) is 6.04 Å². The fraction of sp³-hybridized carbons (Fsp3) is 0.643. The smallest absolute Gasteiger partial charge is 0.404 e. The number of nitrogens with one attached hydrogen (secondary N) is 1. The number of carbonyl (C=O) groups is 1. The van der Waals surface area contributed by atoms with E-state index in [9.17, 15) is 4.79 Å². The average molecular weight is 301 g/mol. The molecule has 0 saturated carbocycles. The number of rotatable bonds is 5. The third-order valence-corrected chi connectivity index (χ3v) is 3.50. The molecule has 2 rings (SSSR count). The molecule has 1 aliphatic rings. The Kier molecular flexibility index (Phi) is 7.87. The number of ether oxygens (including phenoxy) is 2. The van der Waals surface area contributed by atoms with Gasteiger partial charge in [-0.15, -0.1) is 11.3 Å². The topological polar surface area (TPSA) is 67.8 Å². The summed E-state index contributed by atoms with van der Waals surface area (Å²) in [6.45, 7) is 5.40. The van der Waals surface area contributed by atoms with Crippen molar-refractivity contribution in [2.45, 2.75) is 45.6 Å². The van der Waals surface area contributed by atoms with Crippen LogP contribution in [-0.2, 0) is 0 Å². The molecule has 1 unspecified atom stereocenters. The molecule has 0 fully saturated rings. The van der Waals surface area contributed by atoms with Gasteiger partial charge in [0, 0.05) is 16.8 Å². The van der Waals surface area contributed by atoms with Crippen LogP contribution in [0.5, 0.6) is 11.5 Å². The molecule has 0 aromatic carbocycles. The molecule has 20 heavy (non-hydrogen) atoms. The largest absolute Gasteiger partial charge is 0.485 e. The van der Waals surface area contributed by atoms with Gasteiger partial charge in [0.15, 0.2) is 11.5 Å². The summed E-state index contributed by atoms with van der Waals surface area (Å²) in [6, 6.07) is 0.0963. The average Bonchev–Trinajstić information content (AvgIpc) is 2.87. The Morgan fingerprint density at radius 1 is 1.35 bits per heavy atom. The molecule has 1 amide bonds. The van der Waals surface area contributed by atoms with E-state index in [0.29, 0.717) is 13.2 Å². The first-order valence-corrected chi connectivity index (χ1v) is 7.89. The molecular formula is C14H23NO4S. The van der Waals surface area contributed by atoms with Crippen LogP contribution in [0.2, 0.25) is 0 Å². The normalized spacial score (nSPS) is 13.9. The molecule has 2 N–H and O–H groups in total. The van der Waals surface area contributed by atoms with Gasteiger partial charge < -0.3 is 19.9 Å². The number of hydrogen-bond acceptors (Lipinski definition) is 4. The van der Waals surface area contributed by atoms with Gasteiger partial charge in [0.2, 0.25) is 0 Å². The molecule has 0 spiro atoms. The van der Waals surface area contributed by atoms with Crippen molar-refractivity contribution < 1.29 is 19.4 Å². The maximum atomic E-state index is 10.1. The van der Waals surface area contributed by atoms with Gasteiger partial charge in [0.1, 0.15) is 13.2 Å². The molecule has 6 heteroatoms. The van der Waals surface area contributed by atoms with Crippen LogP contribution in [0.3, 0.4) is 0 Å². The van der Waals surface area contributed by atoms with Crippen LogP contribution in [-0.4, -0.2) is 30.5 Å². The number of thiophene rings is 1. The van der Waals surface area contributed by atoms with Crippen molar-refractivity contribution >= 4 is 17.4 Å². The molecule has 2 heterocycles. The van der Waals surface area contributed by atoms with E-state index in [4.69, 9.17) is 14.6 Å². The summed E-state index contributed by atoms with van der Waals surface area (Å²) in [7, 11) is 0. The van der Waals surface area contributed by atoms with Gasteiger partial charge in [-0.25, -0.2) is 4.79 Å². The van der Waals surface area contributed by atoms with Crippen molar-refractivity contribution in [1.29, 1.82) is 0 Å². The van der Waals surface area contributed by atoms with Gasteiger partial charge in [-0.05, 0) is 13.3 Å². The van der Waals surface area contributed by atoms with Gasteiger partial charge in [-0.3, -0.25) is 0 Å². The van der Waals surface area contributed by atoms with Crippen LogP contribution >= 0.6 is 11.3 Å². The molecule has 0 bridgehead atoms. The zero-order valence-corrected chi connectivity index (χ0v) is 12.9. The minimum atomic E-state index is -0.922. The summed E-state index contributed by atoms with van der Waals surface area (Å²) in [5, 5.41) is 14.7. The van der Waals surface area contributed by atoms with E-state index in [1.165, 1.54) is 12.8 Å². The Morgan fingerprint density at radius 2 is 1.95 bits per heavy atom. The van der Waals surface area contributed by atoms with Gasteiger partial charge in [-0.2, -0.15) is 0 Å². The molecule has 1 aromatic rings. The van der Waals surface area contributed by atoms with E-state index in [0.717, 1.165) is 24.3 Å². The van der Waals surface area contributed by atoms with Crippen LogP contribution in [0, 0.1) is 0 Å². The molecule has 1 atom stereocenters. The van der Waals surface area contributed by atoms with Gasteiger partial charge in [0.25, 0.3) is 0 Å². The number of unbranched alkanes of at least 4 members (excludes halogenated alkanes) is 2. The molecular weight excluding hydrogens is 278 g/mol. The van der Waals surface area contributed by atoms with Crippen molar-refractivity contribution in [3.8, 4) is 11.5 Å². The molecule has 0 aliphatic carbocycles. The van der Waals surface area contributed by atoms with E-state index < -0.39 is 6.09 Å². The molecule has 1 aliphatic heterocycles. The van der Waals surface area contributed by atoms with Gasteiger partial charge >= 0.3 is 6.09 Å². The predicted molar refractivity (Wildman–Crippen MR) is 80.1 cm³/mol. The summed E-state index contributed by atoms with van der Waals surface area (Å²) < 4.78 is 10.5. The van der Waals surface area contributed by atoms with Crippen LogP contribution in [0.4, 0.5) is 4.79 Å². The number of fused-ring (bicyclic) bond motifs is 1. The van der Waals surface area contributed by atoms with Crippen molar-refractivity contribution in [3.63, 3.8) is 0 Å². The third kappa shape index (κ3) is 6.65. The number of hydrogen-bond donors (Lipinski definition) is 2. The first-order valence-electron chi connectivity index (χ1n) is 6.94. The van der Waals surface area contributed by atoms with Crippen LogP contribution in [0.25, 0.3) is 0 Å². The SMILES string of the molecule is CCCCCC(C)NC(=O)O.c1scc2c1OCCO2. The predicted octanol–water partition coefficient (Wildman–Crippen LogP) is 3.74.